The van der Waals surface area contributed by atoms with Gasteiger partial charge in [0.1, 0.15) is 10.6 Å². The van der Waals surface area contributed by atoms with E-state index in [4.69, 9.17) is 9.72 Å². The molecular weight excluding hydrogens is 528 g/mol. The Hall–Kier alpha value is -3.95. The predicted molar refractivity (Wildman–Crippen MR) is 159 cm³/mol. The smallest absolute Gasteiger partial charge is 0.267 e. The van der Waals surface area contributed by atoms with Gasteiger partial charge in [0, 0.05) is 10.4 Å². The molecule has 0 atom stereocenters. The summed E-state index contributed by atoms with van der Waals surface area (Å²) in [4.78, 5) is 33.5. The number of ether oxygens (including phenoxy) is 1. The van der Waals surface area contributed by atoms with Gasteiger partial charge in [0.15, 0.2) is 5.16 Å². The highest BCUT2D eigenvalue weighted by molar-refractivity contribution is 7.99. The summed E-state index contributed by atoms with van der Waals surface area (Å²) in [5.41, 5.74) is 5.20. The van der Waals surface area contributed by atoms with Crippen molar-refractivity contribution >= 4 is 56.2 Å². The van der Waals surface area contributed by atoms with Crippen molar-refractivity contribution < 1.29 is 9.53 Å². The summed E-state index contributed by atoms with van der Waals surface area (Å²) in [6.45, 7) is 0. The first kappa shape index (κ1) is 25.3. The van der Waals surface area contributed by atoms with Crippen LogP contribution >= 0.6 is 23.1 Å². The van der Waals surface area contributed by atoms with Crippen molar-refractivity contribution in [3.63, 3.8) is 0 Å². The average molecular weight is 555 g/mol. The van der Waals surface area contributed by atoms with Crippen LogP contribution in [0.1, 0.15) is 28.8 Å². The van der Waals surface area contributed by atoms with Gasteiger partial charge in [0.25, 0.3) is 11.5 Å². The molecule has 0 unspecified atom stereocenters. The average Bonchev–Trinajstić information content (AvgIpc) is 3.35. The molecule has 1 N–H and O–H groups in total. The van der Waals surface area contributed by atoms with E-state index in [1.54, 1.807) is 29.2 Å². The number of hydrogen-bond acceptors (Lipinski definition) is 7. The lowest BCUT2D eigenvalue weighted by Gasteiger charge is -2.13. The molecule has 0 bridgehead atoms. The fourth-order valence-electron chi connectivity index (χ4n) is 5.01. The number of thiophene rings is 1. The van der Waals surface area contributed by atoms with Crippen LogP contribution in [0.2, 0.25) is 0 Å². The lowest BCUT2D eigenvalue weighted by molar-refractivity contribution is -0.118. The van der Waals surface area contributed by atoms with Crippen molar-refractivity contribution in [3.8, 4) is 11.4 Å². The Morgan fingerprint density at radius 3 is 2.74 bits per heavy atom. The topological polar surface area (TPSA) is 85.6 Å². The van der Waals surface area contributed by atoms with Gasteiger partial charge in [-0.25, -0.2) is 10.4 Å². The Labute approximate surface area is 233 Å². The molecule has 3 aromatic carbocycles. The SMILES string of the molecule is COc1ccc2ccccc2c1/C=N/NC(=O)CSc1nc2sc3c(c2c(=O)n1-c1ccccc1)CCCC3. The molecule has 196 valence electrons. The monoisotopic (exact) mass is 554 g/mol. The molecule has 7 nitrogen and oxygen atoms in total. The van der Waals surface area contributed by atoms with E-state index < -0.39 is 0 Å². The van der Waals surface area contributed by atoms with Crippen LogP contribution in [-0.2, 0) is 17.6 Å². The molecule has 0 fully saturated rings. The molecule has 0 saturated carbocycles. The molecule has 1 aliphatic carbocycles. The number of carbonyl (C=O) groups excluding carboxylic acids is 1. The molecule has 1 aliphatic rings. The summed E-state index contributed by atoms with van der Waals surface area (Å²) in [6, 6.07) is 21.3. The number of carbonyl (C=O) groups is 1. The standard InChI is InChI=1S/C30H26N4O3S2/c1-37-24-16-15-19-9-5-6-12-21(19)23(24)17-31-33-26(35)18-38-30-32-28-27(22-13-7-8-14-25(22)39-28)29(36)34(30)20-10-3-2-4-11-20/h2-6,9-12,15-17H,7-8,13-14,18H2,1H3,(H,33,35)/b31-17+. The van der Waals surface area contributed by atoms with E-state index in [9.17, 15) is 9.59 Å². The van der Waals surface area contributed by atoms with Crippen molar-refractivity contribution in [2.24, 2.45) is 5.10 Å². The maximum Gasteiger partial charge on any atom is 0.267 e. The molecule has 2 aromatic heterocycles. The van der Waals surface area contributed by atoms with Gasteiger partial charge in [-0.2, -0.15) is 5.10 Å². The van der Waals surface area contributed by atoms with Gasteiger partial charge >= 0.3 is 0 Å². The van der Waals surface area contributed by atoms with E-state index in [0.717, 1.165) is 63.5 Å². The molecule has 2 heterocycles. The Bertz CT molecular complexity index is 1780. The van der Waals surface area contributed by atoms with Crippen LogP contribution in [0, 0.1) is 0 Å². The fraction of sp³-hybridized carbons (Fsp3) is 0.200. The van der Waals surface area contributed by atoms with E-state index in [0.29, 0.717) is 10.9 Å². The maximum absolute atomic E-state index is 13.8. The van der Waals surface area contributed by atoms with Crippen molar-refractivity contribution in [3.05, 3.63) is 93.1 Å². The van der Waals surface area contributed by atoms with Gasteiger partial charge in [-0.05, 0) is 60.2 Å². The second-order valence-electron chi connectivity index (χ2n) is 9.25. The van der Waals surface area contributed by atoms with Gasteiger partial charge in [0.05, 0.1) is 30.2 Å². The van der Waals surface area contributed by atoms with Crippen LogP contribution < -0.4 is 15.7 Å². The van der Waals surface area contributed by atoms with Crippen molar-refractivity contribution in [2.75, 3.05) is 12.9 Å². The normalized spacial score (nSPS) is 13.2. The van der Waals surface area contributed by atoms with Gasteiger partial charge in [-0.3, -0.25) is 14.2 Å². The zero-order valence-corrected chi connectivity index (χ0v) is 23.0. The highest BCUT2D eigenvalue weighted by Crippen LogP contribution is 2.35. The zero-order valence-electron chi connectivity index (χ0n) is 21.3. The Morgan fingerprint density at radius 2 is 1.90 bits per heavy atom. The first-order valence-electron chi connectivity index (χ1n) is 12.8. The quantitative estimate of drug-likeness (QED) is 0.120. The Kier molecular flexibility index (Phi) is 7.17. The van der Waals surface area contributed by atoms with Crippen LogP contribution in [0.5, 0.6) is 5.75 Å². The molecule has 0 radical (unpaired) electrons. The van der Waals surface area contributed by atoms with E-state index in [1.165, 1.54) is 16.6 Å². The van der Waals surface area contributed by atoms with Crippen LogP contribution in [0.4, 0.5) is 0 Å². The number of thioether (sulfide) groups is 1. The molecule has 0 aliphatic heterocycles. The van der Waals surface area contributed by atoms with Crippen molar-refractivity contribution in [1.82, 2.24) is 15.0 Å². The number of nitrogens with one attached hydrogen (secondary N) is 1. The molecular formula is C30H26N4O3S2. The van der Waals surface area contributed by atoms with E-state index in [2.05, 4.69) is 10.5 Å². The number of hydrazone groups is 1. The number of aryl methyl sites for hydroxylation is 2. The lowest BCUT2D eigenvalue weighted by Crippen LogP contribution is -2.24. The fourth-order valence-corrected chi connectivity index (χ4v) is 7.11. The molecule has 5 aromatic rings. The van der Waals surface area contributed by atoms with Gasteiger partial charge < -0.3 is 4.74 Å². The Balaban J connectivity index is 1.26. The third-order valence-corrected chi connectivity index (χ3v) is 8.96. The Morgan fingerprint density at radius 1 is 1.10 bits per heavy atom. The summed E-state index contributed by atoms with van der Waals surface area (Å²) < 4.78 is 7.13. The first-order valence-corrected chi connectivity index (χ1v) is 14.6. The molecule has 1 amide bonds. The number of hydrogen-bond donors (Lipinski definition) is 1. The second-order valence-corrected chi connectivity index (χ2v) is 11.3. The van der Waals surface area contributed by atoms with E-state index >= 15 is 0 Å². The lowest BCUT2D eigenvalue weighted by atomic mass is 9.97. The maximum atomic E-state index is 13.8. The predicted octanol–water partition coefficient (Wildman–Crippen LogP) is 5.73. The molecule has 9 heteroatoms. The van der Waals surface area contributed by atoms with Gasteiger partial charge in [-0.1, -0.05) is 60.3 Å². The van der Waals surface area contributed by atoms with E-state index in [1.807, 2.05) is 66.7 Å². The number of amides is 1. The highest BCUT2D eigenvalue weighted by Gasteiger charge is 2.23. The summed E-state index contributed by atoms with van der Waals surface area (Å²) in [5.74, 6) is 0.429. The number of benzene rings is 3. The largest absolute Gasteiger partial charge is 0.496 e. The minimum absolute atomic E-state index is 0.0554. The molecule has 0 saturated heterocycles. The summed E-state index contributed by atoms with van der Waals surface area (Å²) in [7, 11) is 1.61. The summed E-state index contributed by atoms with van der Waals surface area (Å²) in [6.07, 6.45) is 5.73. The first-order chi connectivity index (χ1) is 19.1. The molecule has 0 spiro atoms. The minimum atomic E-state index is -0.296. The van der Waals surface area contributed by atoms with Gasteiger partial charge in [-0.15, -0.1) is 11.3 Å². The second kappa shape index (κ2) is 11.0. The number of rotatable bonds is 7. The molecule has 39 heavy (non-hydrogen) atoms. The number of fused-ring (bicyclic) bond motifs is 4. The van der Waals surface area contributed by atoms with E-state index in [-0.39, 0.29) is 17.2 Å². The van der Waals surface area contributed by atoms with Crippen LogP contribution in [-0.4, -0.2) is 34.5 Å². The number of para-hydroxylation sites is 1. The van der Waals surface area contributed by atoms with Crippen LogP contribution in [0.25, 0.3) is 26.7 Å². The number of aromatic nitrogens is 2. The third-order valence-electron chi connectivity index (χ3n) is 6.84. The van der Waals surface area contributed by atoms with Crippen molar-refractivity contribution in [2.45, 2.75) is 30.8 Å². The van der Waals surface area contributed by atoms with Gasteiger partial charge in [0.2, 0.25) is 0 Å². The third kappa shape index (κ3) is 4.95. The number of methoxy groups -OCH3 is 1. The zero-order chi connectivity index (χ0) is 26.8. The summed E-state index contributed by atoms with van der Waals surface area (Å²) >= 11 is 2.84. The van der Waals surface area contributed by atoms with Crippen molar-refractivity contribution in [1.29, 1.82) is 0 Å². The highest BCUT2D eigenvalue weighted by atomic mass is 32.2. The molecule has 6 rings (SSSR count). The number of nitrogens with zero attached hydrogens (tertiary/aromatic N) is 3. The van der Waals surface area contributed by atoms with Crippen LogP contribution in [0.15, 0.2) is 81.8 Å². The van der Waals surface area contributed by atoms with Crippen LogP contribution in [0.3, 0.4) is 0 Å². The summed E-state index contributed by atoms with van der Waals surface area (Å²) in [5, 5.41) is 7.45. The minimum Gasteiger partial charge on any atom is -0.496 e.